The Hall–Kier alpha value is -3.40. The van der Waals surface area contributed by atoms with Gasteiger partial charge < -0.3 is 19.2 Å². The van der Waals surface area contributed by atoms with E-state index in [4.69, 9.17) is 16.0 Å². The molecule has 0 aliphatic heterocycles. The zero-order valence-electron chi connectivity index (χ0n) is 22.1. The summed E-state index contributed by atoms with van der Waals surface area (Å²) in [6.07, 6.45) is 2.49. The highest BCUT2D eigenvalue weighted by Gasteiger charge is 2.62. The fraction of sp³-hybridized carbons (Fsp3) is 0.250. The van der Waals surface area contributed by atoms with Crippen molar-refractivity contribution < 1.29 is 19.0 Å². The number of aromatic nitrogens is 3. The van der Waals surface area contributed by atoms with Gasteiger partial charge in [0.15, 0.2) is 5.82 Å². The summed E-state index contributed by atoms with van der Waals surface area (Å²) < 4.78 is 24.0. The summed E-state index contributed by atoms with van der Waals surface area (Å²) in [5.41, 5.74) is -1.09. The summed E-state index contributed by atoms with van der Waals surface area (Å²) in [5, 5.41) is 27.0. The monoisotopic (exact) mass is 585 g/mol. The summed E-state index contributed by atoms with van der Waals surface area (Å²) in [4.78, 5) is 8.18. The number of hydrogen-bond acceptors (Lipinski definition) is 5. The zero-order chi connectivity index (χ0) is 28.2. The van der Waals surface area contributed by atoms with Crippen LogP contribution in [-0.4, -0.2) is 50.9 Å². The van der Waals surface area contributed by atoms with E-state index in [0.29, 0.717) is 24.9 Å². The molecule has 2 N–H and O–H groups in total. The van der Waals surface area contributed by atoms with E-state index in [1.807, 2.05) is 54.6 Å². The maximum atomic E-state index is 14.9. The second-order valence-electron chi connectivity index (χ2n) is 11.1. The molecule has 2 aromatic heterocycles. The molecule has 2 saturated carbocycles. The molecule has 3 aromatic carbocycles. The molecule has 0 spiro atoms. The Balaban J connectivity index is 1.32. The summed E-state index contributed by atoms with van der Waals surface area (Å²) in [7, 11) is -3.05. The van der Waals surface area contributed by atoms with Gasteiger partial charge in [-0.15, -0.1) is 0 Å². The third-order valence-corrected chi connectivity index (χ3v) is 13.4. The van der Waals surface area contributed by atoms with E-state index in [2.05, 4.69) is 46.4 Å². The highest BCUT2D eigenvalue weighted by molar-refractivity contribution is 7.07. The van der Waals surface area contributed by atoms with Gasteiger partial charge in [-0.05, 0) is 34.8 Å². The number of benzene rings is 3. The number of halogens is 2. The Morgan fingerprint density at radius 2 is 1.46 bits per heavy atom. The normalized spacial score (nSPS) is 26.0. The molecule has 9 heteroatoms. The van der Waals surface area contributed by atoms with Crippen LogP contribution in [0.3, 0.4) is 0 Å². The molecule has 2 fully saturated rings. The molecule has 6 nitrogen and oxygen atoms in total. The molecule has 0 unspecified atom stereocenters. The Labute approximate surface area is 243 Å². The molecule has 41 heavy (non-hydrogen) atoms. The summed E-state index contributed by atoms with van der Waals surface area (Å²) >= 11 is 6.18. The van der Waals surface area contributed by atoms with Gasteiger partial charge in [0.25, 0.3) is 8.32 Å². The number of hydrogen-bond donors (Lipinski definition) is 2. The van der Waals surface area contributed by atoms with Gasteiger partial charge >= 0.3 is 0 Å². The van der Waals surface area contributed by atoms with Crippen molar-refractivity contribution in [1.29, 1.82) is 0 Å². The first-order chi connectivity index (χ1) is 19.9. The van der Waals surface area contributed by atoms with E-state index in [1.54, 1.807) is 4.57 Å². The van der Waals surface area contributed by atoms with Gasteiger partial charge in [0.05, 0.1) is 23.1 Å². The molecule has 2 heterocycles. The maximum Gasteiger partial charge on any atom is 0.288 e. The molecular formula is C32H29ClFN3O3Si. The van der Waals surface area contributed by atoms with E-state index < -0.39 is 31.9 Å². The Morgan fingerprint density at radius 3 is 2.02 bits per heavy atom. The molecule has 5 aromatic rings. The topological polar surface area (TPSA) is 80.4 Å². The summed E-state index contributed by atoms with van der Waals surface area (Å²) in [6, 6.07) is 30.3. The molecular weight excluding hydrogens is 557 g/mol. The third-order valence-electron chi connectivity index (χ3n) is 9.04. The van der Waals surface area contributed by atoms with Gasteiger partial charge in [-0.2, -0.15) is 0 Å². The van der Waals surface area contributed by atoms with Crippen molar-refractivity contribution in [3.8, 4) is 0 Å². The summed E-state index contributed by atoms with van der Waals surface area (Å²) in [5.74, 6) is -0.929. The molecule has 7 rings (SSSR count). The lowest BCUT2D eigenvalue weighted by atomic mass is 9.92. The van der Waals surface area contributed by atoms with Gasteiger partial charge in [0.2, 0.25) is 0 Å². The standard InChI is InChI=1S/C32H29ClFN3O3Si/c33-30-28-25(34)19-37(31(28)36-20-35-30)26-18-24-27(16-17-32(24,39)29(26)38)40-41(21-10-4-1-5-11-21,22-12-6-2-7-13-22)23-14-8-3-9-15-23/h1-15,19-20,24,26-27,29,38-39H,16-18H2/t24-,26-,27+,29+,32-/m1/s1. The fourth-order valence-electron chi connectivity index (χ4n) is 7.14. The molecule has 0 amide bonds. The Bertz CT molecular complexity index is 1590. The minimum Gasteiger partial charge on any atom is -0.401 e. The van der Waals surface area contributed by atoms with Crippen molar-refractivity contribution in [1.82, 2.24) is 14.5 Å². The second-order valence-corrected chi connectivity index (χ2v) is 14.8. The van der Waals surface area contributed by atoms with E-state index in [0.717, 1.165) is 15.6 Å². The number of nitrogens with zero attached hydrogens (tertiary/aromatic N) is 3. The molecule has 5 atom stereocenters. The van der Waals surface area contributed by atoms with E-state index in [1.165, 1.54) is 12.5 Å². The average Bonchev–Trinajstić information content (AvgIpc) is 3.61. The van der Waals surface area contributed by atoms with Gasteiger partial charge in [-0.1, -0.05) is 103 Å². The molecule has 2 aliphatic rings. The highest BCUT2D eigenvalue weighted by atomic mass is 35.5. The second kappa shape index (κ2) is 10.1. The lowest BCUT2D eigenvalue weighted by molar-refractivity contribution is -0.0837. The Morgan fingerprint density at radius 1 is 0.902 bits per heavy atom. The predicted molar refractivity (Wildman–Crippen MR) is 159 cm³/mol. The van der Waals surface area contributed by atoms with Crippen LogP contribution < -0.4 is 15.6 Å². The third kappa shape index (κ3) is 4.08. The largest absolute Gasteiger partial charge is 0.401 e. The van der Waals surface area contributed by atoms with Crippen LogP contribution in [0.1, 0.15) is 25.3 Å². The smallest absolute Gasteiger partial charge is 0.288 e. The first-order valence-corrected chi connectivity index (χ1v) is 16.1. The van der Waals surface area contributed by atoms with E-state index >= 15 is 0 Å². The first-order valence-electron chi connectivity index (χ1n) is 13.8. The molecule has 0 radical (unpaired) electrons. The minimum absolute atomic E-state index is 0.0169. The SMILES string of the molecule is O[C@H]1[C@H](n2cc(F)c3c(Cl)ncnc32)C[C@@H]2[C@@H](O[Si](c3ccccc3)(c3ccccc3)c3ccccc3)CC[C@@]21O. The van der Waals surface area contributed by atoms with Crippen LogP contribution in [0, 0.1) is 11.7 Å². The van der Waals surface area contributed by atoms with Crippen LogP contribution >= 0.6 is 11.6 Å². The maximum absolute atomic E-state index is 14.9. The number of rotatable bonds is 6. The quantitative estimate of drug-likeness (QED) is 0.180. The molecule has 208 valence electrons. The lowest BCUT2D eigenvalue weighted by Gasteiger charge is -2.38. The van der Waals surface area contributed by atoms with Crippen molar-refractivity contribution in [2.45, 2.75) is 43.1 Å². The van der Waals surface area contributed by atoms with Crippen molar-refractivity contribution in [2.24, 2.45) is 5.92 Å². The first kappa shape index (κ1) is 26.5. The number of fused-ring (bicyclic) bond motifs is 2. The van der Waals surface area contributed by atoms with Crippen LogP contribution in [0.5, 0.6) is 0 Å². The van der Waals surface area contributed by atoms with Gasteiger partial charge in [0, 0.05) is 12.1 Å². The van der Waals surface area contributed by atoms with E-state index in [9.17, 15) is 14.6 Å². The van der Waals surface area contributed by atoms with Gasteiger partial charge in [0.1, 0.15) is 23.2 Å². The predicted octanol–water partition coefficient (Wildman–Crippen LogP) is 3.72. The van der Waals surface area contributed by atoms with Crippen molar-refractivity contribution >= 4 is 46.5 Å². The molecule has 2 aliphatic carbocycles. The van der Waals surface area contributed by atoms with Crippen molar-refractivity contribution in [3.63, 3.8) is 0 Å². The average molecular weight is 586 g/mol. The number of aliphatic hydroxyl groups excluding tert-OH is 1. The van der Waals surface area contributed by atoms with E-state index in [-0.39, 0.29) is 22.6 Å². The van der Waals surface area contributed by atoms with Crippen LogP contribution in [0.2, 0.25) is 5.15 Å². The lowest BCUT2D eigenvalue weighted by Crippen LogP contribution is -2.70. The van der Waals surface area contributed by atoms with Crippen LogP contribution in [0.15, 0.2) is 104 Å². The van der Waals surface area contributed by atoms with Crippen LogP contribution in [0.25, 0.3) is 11.0 Å². The van der Waals surface area contributed by atoms with Crippen LogP contribution in [-0.2, 0) is 4.43 Å². The fourth-order valence-corrected chi connectivity index (χ4v) is 11.5. The highest BCUT2D eigenvalue weighted by Crippen LogP contribution is 2.54. The zero-order valence-corrected chi connectivity index (χ0v) is 23.9. The van der Waals surface area contributed by atoms with Crippen molar-refractivity contribution in [2.75, 3.05) is 0 Å². The number of aliphatic hydroxyl groups is 2. The van der Waals surface area contributed by atoms with Crippen LogP contribution in [0.4, 0.5) is 4.39 Å². The van der Waals surface area contributed by atoms with Gasteiger partial charge in [-0.3, -0.25) is 0 Å². The van der Waals surface area contributed by atoms with Crippen molar-refractivity contribution in [3.05, 3.63) is 114 Å². The van der Waals surface area contributed by atoms with Gasteiger partial charge in [-0.25, -0.2) is 14.4 Å². The minimum atomic E-state index is -3.05. The molecule has 0 saturated heterocycles. The Kier molecular flexibility index (Phi) is 6.56. The molecule has 0 bridgehead atoms. The summed E-state index contributed by atoms with van der Waals surface area (Å²) in [6.45, 7) is 0.